The van der Waals surface area contributed by atoms with Crippen molar-refractivity contribution in [1.29, 1.82) is 0 Å². The Labute approximate surface area is 143 Å². The average Bonchev–Trinajstić information content (AvgIpc) is 2.87. The van der Waals surface area contributed by atoms with E-state index < -0.39 is 5.97 Å². The maximum Gasteiger partial charge on any atom is 0.303 e. The standard InChI is InChI=1S/C16H20BrN3O3/c1-2-12-15(20-10-11(17)7-8-13(20)19-12)16(23)18-9-5-3-4-6-14(21)22/h7-8,10H,2-6,9H2,1H3,(H,18,23)(H,21,22). The van der Waals surface area contributed by atoms with Gasteiger partial charge in [0.1, 0.15) is 11.3 Å². The quantitative estimate of drug-likeness (QED) is 0.688. The monoisotopic (exact) mass is 381 g/mol. The summed E-state index contributed by atoms with van der Waals surface area (Å²) in [5, 5.41) is 11.5. The van der Waals surface area contributed by atoms with Crippen LogP contribution in [0.25, 0.3) is 5.65 Å². The van der Waals surface area contributed by atoms with Gasteiger partial charge in [0.25, 0.3) is 5.91 Å². The molecule has 2 rings (SSSR count). The third kappa shape index (κ3) is 4.54. The topological polar surface area (TPSA) is 83.7 Å². The summed E-state index contributed by atoms with van der Waals surface area (Å²) in [7, 11) is 0. The third-order valence-corrected chi connectivity index (χ3v) is 4.03. The number of aliphatic carboxylic acids is 1. The highest BCUT2D eigenvalue weighted by Gasteiger charge is 2.17. The third-order valence-electron chi connectivity index (χ3n) is 3.56. The molecule has 0 spiro atoms. The van der Waals surface area contributed by atoms with Crippen LogP contribution in [0.1, 0.15) is 48.8 Å². The van der Waals surface area contributed by atoms with Gasteiger partial charge in [-0.15, -0.1) is 0 Å². The number of aromatic nitrogens is 2. The lowest BCUT2D eigenvalue weighted by molar-refractivity contribution is -0.137. The van der Waals surface area contributed by atoms with Crippen molar-refractivity contribution in [3.05, 3.63) is 34.2 Å². The molecule has 1 amide bonds. The van der Waals surface area contributed by atoms with Crippen molar-refractivity contribution < 1.29 is 14.7 Å². The van der Waals surface area contributed by atoms with Crippen LogP contribution in [0, 0.1) is 0 Å². The van der Waals surface area contributed by atoms with Gasteiger partial charge >= 0.3 is 5.97 Å². The van der Waals surface area contributed by atoms with Gasteiger partial charge in [-0.3, -0.25) is 14.0 Å². The second-order valence-electron chi connectivity index (χ2n) is 5.30. The lowest BCUT2D eigenvalue weighted by Gasteiger charge is -2.07. The lowest BCUT2D eigenvalue weighted by atomic mass is 10.2. The number of rotatable bonds is 8. The summed E-state index contributed by atoms with van der Waals surface area (Å²) in [5.41, 5.74) is 2.08. The molecule has 7 heteroatoms. The molecule has 0 aliphatic rings. The van der Waals surface area contributed by atoms with Crippen LogP contribution in [0.15, 0.2) is 22.8 Å². The van der Waals surface area contributed by atoms with Crippen LogP contribution in [-0.2, 0) is 11.2 Å². The molecule has 2 aromatic rings. The molecule has 2 N–H and O–H groups in total. The SMILES string of the molecule is CCc1nc2ccc(Br)cn2c1C(=O)NCCCCCC(=O)O. The molecule has 0 aromatic carbocycles. The van der Waals surface area contributed by atoms with Gasteiger partial charge in [0, 0.05) is 23.6 Å². The largest absolute Gasteiger partial charge is 0.481 e. The first-order valence-electron chi connectivity index (χ1n) is 7.69. The number of hydrogen-bond donors (Lipinski definition) is 2. The molecule has 23 heavy (non-hydrogen) atoms. The number of pyridine rings is 1. The molecule has 2 aromatic heterocycles. The van der Waals surface area contributed by atoms with Gasteiger partial charge in [0.05, 0.1) is 5.69 Å². The number of nitrogens with zero attached hydrogens (tertiary/aromatic N) is 2. The molecule has 2 heterocycles. The lowest BCUT2D eigenvalue weighted by Crippen LogP contribution is -2.26. The first kappa shape index (κ1) is 17.5. The summed E-state index contributed by atoms with van der Waals surface area (Å²) in [5.74, 6) is -0.927. The first-order valence-corrected chi connectivity index (χ1v) is 8.48. The number of carbonyl (C=O) groups excluding carboxylic acids is 1. The van der Waals surface area contributed by atoms with Gasteiger partial charge in [0.15, 0.2) is 0 Å². The second-order valence-corrected chi connectivity index (χ2v) is 6.21. The van der Waals surface area contributed by atoms with Crippen LogP contribution in [0.3, 0.4) is 0 Å². The van der Waals surface area contributed by atoms with E-state index >= 15 is 0 Å². The van der Waals surface area contributed by atoms with Crippen molar-refractivity contribution in [2.24, 2.45) is 0 Å². The Morgan fingerprint density at radius 1 is 1.30 bits per heavy atom. The smallest absolute Gasteiger partial charge is 0.303 e. The number of aryl methyl sites for hydroxylation is 1. The molecule has 0 radical (unpaired) electrons. The molecule has 0 fully saturated rings. The Balaban J connectivity index is 2.00. The van der Waals surface area contributed by atoms with E-state index in [0.717, 1.165) is 28.7 Å². The van der Waals surface area contributed by atoms with Crippen LogP contribution in [0.2, 0.25) is 0 Å². The highest BCUT2D eigenvalue weighted by molar-refractivity contribution is 9.10. The number of fused-ring (bicyclic) bond motifs is 1. The van der Waals surface area contributed by atoms with E-state index in [0.29, 0.717) is 25.1 Å². The molecule has 124 valence electrons. The summed E-state index contributed by atoms with van der Waals surface area (Å²) >= 11 is 3.41. The van der Waals surface area contributed by atoms with E-state index in [1.165, 1.54) is 0 Å². The summed E-state index contributed by atoms with van der Waals surface area (Å²) in [6, 6.07) is 3.76. The maximum absolute atomic E-state index is 12.5. The van der Waals surface area contributed by atoms with Gasteiger partial charge in [-0.25, -0.2) is 4.98 Å². The van der Waals surface area contributed by atoms with Gasteiger partial charge < -0.3 is 10.4 Å². The molecule has 0 atom stereocenters. The van der Waals surface area contributed by atoms with Crippen molar-refractivity contribution in [2.75, 3.05) is 6.54 Å². The summed E-state index contributed by atoms with van der Waals surface area (Å²) in [6.07, 6.45) is 4.87. The molecule has 6 nitrogen and oxygen atoms in total. The fourth-order valence-corrected chi connectivity index (χ4v) is 2.75. The van der Waals surface area contributed by atoms with Crippen LogP contribution >= 0.6 is 15.9 Å². The number of carboxylic acid groups (broad SMARTS) is 1. The second kappa shape index (κ2) is 8.10. The normalized spacial score (nSPS) is 10.9. The number of unbranched alkanes of at least 4 members (excludes halogenated alkanes) is 2. The minimum Gasteiger partial charge on any atom is -0.481 e. The van der Waals surface area contributed by atoms with E-state index in [4.69, 9.17) is 5.11 Å². The number of imidazole rings is 1. The van der Waals surface area contributed by atoms with Crippen LogP contribution in [0.4, 0.5) is 0 Å². The minimum atomic E-state index is -0.780. The fraction of sp³-hybridized carbons (Fsp3) is 0.438. The number of halogens is 1. The Morgan fingerprint density at radius 3 is 2.78 bits per heavy atom. The Kier molecular flexibility index (Phi) is 6.15. The van der Waals surface area contributed by atoms with Gasteiger partial charge in [-0.2, -0.15) is 0 Å². The highest BCUT2D eigenvalue weighted by atomic mass is 79.9. The number of amides is 1. The van der Waals surface area contributed by atoms with Crippen molar-refractivity contribution in [3.63, 3.8) is 0 Å². The molecule has 0 saturated carbocycles. The zero-order chi connectivity index (χ0) is 16.8. The van der Waals surface area contributed by atoms with Crippen molar-refractivity contribution in [3.8, 4) is 0 Å². The van der Waals surface area contributed by atoms with Crippen molar-refractivity contribution >= 4 is 33.5 Å². The van der Waals surface area contributed by atoms with Crippen molar-refractivity contribution in [1.82, 2.24) is 14.7 Å². The maximum atomic E-state index is 12.5. The van der Waals surface area contributed by atoms with Gasteiger partial charge in [-0.05, 0) is 47.3 Å². The zero-order valence-corrected chi connectivity index (χ0v) is 14.6. The predicted molar refractivity (Wildman–Crippen MR) is 90.7 cm³/mol. The summed E-state index contributed by atoms with van der Waals surface area (Å²) < 4.78 is 2.68. The predicted octanol–water partition coefficient (Wildman–Crippen LogP) is 3.03. The Morgan fingerprint density at radius 2 is 2.09 bits per heavy atom. The fourth-order valence-electron chi connectivity index (χ4n) is 2.42. The van der Waals surface area contributed by atoms with E-state index in [9.17, 15) is 9.59 Å². The van der Waals surface area contributed by atoms with Crippen LogP contribution in [-0.4, -0.2) is 32.9 Å². The average molecular weight is 382 g/mol. The minimum absolute atomic E-state index is 0.148. The Hall–Kier alpha value is -1.89. The van der Waals surface area contributed by atoms with Gasteiger partial charge in [-0.1, -0.05) is 13.3 Å². The first-order chi connectivity index (χ1) is 11.0. The molecule has 0 aliphatic carbocycles. The van der Waals surface area contributed by atoms with E-state index in [1.54, 1.807) is 4.40 Å². The molecule has 0 saturated heterocycles. The van der Waals surface area contributed by atoms with Crippen LogP contribution < -0.4 is 5.32 Å². The van der Waals surface area contributed by atoms with E-state index in [1.807, 2.05) is 25.3 Å². The van der Waals surface area contributed by atoms with E-state index in [-0.39, 0.29) is 12.3 Å². The Bertz CT molecular complexity index is 712. The highest BCUT2D eigenvalue weighted by Crippen LogP contribution is 2.17. The molecular weight excluding hydrogens is 362 g/mol. The number of hydrogen-bond acceptors (Lipinski definition) is 3. The molecule has 0 aliphatic heterocycles. The molecule has 0 unspecified atom stereocenters. The zero-order valence-electron chi connectivity index (χ0n) is 13.0. The summed E-state index contributed by atoms with van der Waals surface area (Å²) in [6.45, 7) is 2.50. The molecular formula is C16H20BrN3O3. The van der Waals surface area contributed by atoms with Crippen molar-refractivity contribution in [2.45, 2.75) is 39.0 Å². The van der Waals surface area contributed by atoms with E-state index in [2.05, 4.69) is 26.2 Å². The number of carbonyl (C=O) groups is 2. The van der Waals surface area contributed by atoms with Gasteiger partial charge in [0.2, 0.25) is 0 Å². The number of carboxylic acids is 1. The summed E-state index contributed by atoms with van der Waals surface area (Å²) in [4.78, 5) is 27.4. The number of nitrogens with one attached hydrogen (secondary N) is 1. The van der Waals surface area contributed by atoms with Crippen LogP contribution in [0.5, 0.6) is 0 Å². The molecule has 0 bridgehead atoms.